The number of nitrogens with zero attached hydrogens (tertiary/aromatic N) is 2. The van der Waals surface area contributed by atoms with Crippen molar-refractivity contribution in [3.8, 4) is 6.07 Å². The first-order valence-electron chi connectivity index (χ1n) is 3.02. The van der Waals surface area contributed by atoms with Gasteiger partial charge in [0.25, 0.3) is 0 Å². The lowest BCUT2D eigenvalue weighted by Crippen LogP contribution is -1.99. The molecule has 0 aliphatic heterocycles. The molecule has 1 aromatic heterocycles. The smallest absolute Gasteiger partial charge is 0.167 e. The molecule has 11 heavy (non-hydrogen) atoms. The molecular weight excluding hydrogens is 142 g/mol. The summed E-state index contributed by atoms with van der Waals surface area (Å²) >= 11 is 0. The fourth-order valence-electron chi connectivity index (χ4n) is 0.674. The van der Waals surface area contributed by atoms with Crippen molar-refractivity contribution in [3.63, 3.8) is 0 Å². The Kier molecular flexibility index (Phi) is 2.42. The van der Waals surface area contributed by atoms with Crippen LogP contribution in [-0.2, 0) is 4.84 Å². The minimum absolute atomic E-state index is 0.442. The lowest BCUT2D eigenvalue weighted by Gasteiger charge is -2.01. The van der Waals surface area contributed by atoms with Gasteiger partial charge >= 0.3 is 0 Å². The predicted molar refractivity (Wildman–Crippen MR) is 39.6 cm³/mol. The summed E-state index contributed by atoms with van der Waals surface area (Å²) in [6.07, 6.45) is 1.59. The summed E-state index contributed by atoms with van der Waals surface area (Å²) in [6, 6.07) is 5.33. The van der Waals surface area contributed by atoms with Crippen LogP contribution in [0.5, 0.6) is 0 Å². The summed E-state index contributed by atoms with van der Waals surface area (Å²) < 4.78 is 0. The average Bonchev–Trinajstić information content (AvgIpc) is 2.06. The zero-order chi connectivity index (χ0) is 8.10. The van der Waals surface area contributed by atoms with Crippen LogP contribution in [-0.4, -0.2) is 12.1 Å². The number of nitriles is 1. The summed E-state index contributed by atoms with van der Waals surface area (Å²) in [6.45, 7) is 0. The molecular formula is C7H7N3O. The van der Waals surface area contributed by atoms with Crippen LogP contribution in [0.1, 0.15) is 5.56 Å². The third kappa shape index (κ3) is 1.66. The first-order chi connectivity index (χ1) is 5.38. The minimum Gasteiger partial charge on any atom is -0.278 e. The maximum absolute atomic E-state index is 8.56. The molecule has 0 bridgehead atoms. The maximum Gasteiger partial charge on any atom is 0.167 e. The molecule has 0 aromatic carbocycles. The van der Waals surface area contributed by atoms with Crippen LogP contribution >= 0.6 is 0 Å². The highest BCUT2D eigenvalue weighted by Crippen LogP contribution is 2.08. The van der Waals surface area contributed by atoms with E-state index in [1.165, 1.54) is 7.11 Å². The lowest BCUT2D eigenvalue weighted by molar-refractivity contribution is 0.269. The molecule has 56 valence electrons. The topological polar surface area (TPSA) is 57.9 Å². The van der Waals surface area contributed by atoms with E-state index >= 15 is 0 Å². The fourth-order valence-corrected chi connectivity index (χ4v) is 0.674. The van der Waals surface area contributed by atoms with Crippen LogP contribution in [0, 0.1) is 11.3 Å². The van der Waals surface area contributed by atoms with Crippen molar-refractivity contribution in [1.82, 2.24) is 4.98 Å². The van der Waals surface area contributed by atoms with Crippen molar-refractivity contribution in [2.75, 3.05) is 12.6 Å². The van der Waals surface area contributed by atoms with Gasteiger partial charge < -0.3 is 0 Å². The van der Waals surface area contributed by atoms with Crippen LogP contribution in [0.4, 0.5) is 5.82 Å². The Morgan fingerprint density at radius 2 is 2.55 bits per heavy atom. The molecule has 0 unspecified atom stereocenters. The van der Waals surface area contributed by atoms with Crippen LogP contribution in [0.15, 0.2) is 18.3 Å². The molecule has 1 N–H and O–H groups in total. The van der Waals surface area contributed by atoms with Crippen molar-refractivity contribution in [1.29, 1.82) is 5.26 Å². The van der Waals surface area contributed by atoms with E-state index in [0.29, 0.717) is 11.4 Å². The van der Waals surface area contributed by atoms with Gasteiger partial charge in [0.15, 0.2) is 5.82 Å². The summed E-state index contributed by atoms with van der Waals surface area (Å²) in [7, 11) is 1.47. The van der Waals surface area contributed by atoms with Crippen LogP contribution < -0.4 is 5.48 Å². The number of nitrogens with one attached hydrogen (secondary N) is 1. The van der Waals surface area contributed by atoms with E-state index < -0.39 is 0 Å². The Hall–Kier alpha value is -1.60. The number of pyridine rings is 1. The maximum atomic E-state index is 8.56. The van der Waals surface area contributed by atoms with Gasteiger partial charge in [0, 0.05) is 6.20 Å². The van der Waals surface area contributed by atoms with E-state index in [-0.39, 0.29) is 0 Å². The van der Waals surface area contributed by atoms with Gasteiger partial charge in [-0.1, -0.05) is 0 Å². The van der Waals surface area contributed by atoms with E-state index in [9.17, 15) is 0 Å². The second-order valence-corrected chi connectivity index (χ2v) is 1.82. The number of aromatic nitrogens is 1. The van der Waals surface area contributed by atoms with Gasteiger partial charge in [0.1, 0.15) is 6.07 Å². The van der Waals surface area contributed by atoms with Gasteiger partial charge in [-0.2, -0.15) is 5.26 Å². The molecule has 0 fully saturated rings. The average molecular weight is 149 g/mol. The van der Waals surface area contributed by atoms with Crippen molar-refractivity contribution in [3.05, 3.63) is 23.9 Å². The summed E-state index contributed by atoms with van der Waals surface area (Å²) in [5.74, 6) is 0.442. The molecule has 0 saturated heterocycles. The van der Waals surface area contributed by atoms with E-state index in [1.54, 1.807) is 18.3 Å². The zero-order valence-electron chi connectivity index (χ0n) is 6.03. The third-order valence-corrected chi connectivity index (χ3v) is 1.13. The number of hydrogen-bond donors (Lipinski definition) is 1. The molecule has 1 heterocycles. The molecule has 0 atom stereocenters. The molecule has 0 spiro atoms. The number of rotatable bonds is 2. The molecule has 0 saturated carbocycles. The Morgan fingerprint density at radius 1 is 1.73 bits per heavy atom. The van der Waals surface area contributed by atoms with Gasteiger partial charge in [0.05, 0.1) is 12.7 Å². The summed E-state index contributed by atoms with van der Waals surface area (Å²) in [4.78, 5) is 8.49. The standard InChI is InChI=1S/C7H7N3O/c1-11-10-7-6(5-8)3-2-4-9-7/h2-4H,1H3,(H,9,10). The second-order valence-electron chi connectivity index (χ2n) is 1.82. The SMILES string of the molecule is CONc1ncccc1C#N. The van der Waals surface area contributed by atoms with Crippen molar-refractivity contribution >= 4 is 5.82 Å². The number of anilines is 1. The quantitative estimate of drug-likeness (QED) is 0.635. The van der Waals surface area contributed by atoms with Crippen LogP contribution in [0.2, 0.25) is 0 Å². The third-order valence-electron chi connectivity index (χ3n) is 1.13. The number of hydrogen-bond acceptors (Lipinski definition) is 4. The first kappa shape index (κ1) is 7.51. The molecule has 0 radical (unpaired) electrons. The monoisotopic (exact) mass is 149 g/mol. The highest BCUT2D eigenvalue weighted by molar-refractivity contribution is 5.49. The van der Waals surface area contributed by atoms with Gasteiger partial charge in [0.2, 0.25) is 0 Å². The Labute approximate surface area is 64.4 Å². The Balaban J connectivity index is 2.95. The molecule has 0 aliphatic rings. The molecule has 0 amide bonds. The Bertz CT molecular complexity index is 279. The highest BCUT2D eigenvalue weighted by atomic mass is 16.6. The molecule has 0 aliphatic carbocycles. The normalized spacial score (nSPS) is 8.73. The molecule has 1 rings (SSSR count). The van der Waals surface area contributed by atoms with Crippen molar-refractivity contribution in [2.24, 2.45) is 0 Å². The largest absolute Gasteiger partial charge is 0.278 e. The summed E-state index contributed by atoms with van der Waals surface area (Å²) in [5.41, 5.74) is 2.96. The van der Waals surface area contributed by atoms with Crippen LogP contribution in [0.25, 0.3) is 0 Å². The minimum atomic E-state index is 0.442. The van der Waals surface area contributed by atoms with E-state index in [0.717, 1.165) is 0 Å². The summed E-state index contributed by atoms with van der Waals surface area (Å²) in [5, 5.41) is 8.56. The van der Waals surface area contributed by atoms with Gasteiger partial charge in [-0.15, -0.1) is 0 Å². The zero-order valence-corrected chi connectivity index (χ0v) is 6.03. The van der Waals surface area contributed by atoms with Crippen LogP contribution in [0.3, 0.4) is 0 Å². The van der Waals surface area contributed by atoms with Gasteiger partial charge in [-0.3, -0.25) is 4.84 Å². The van der Waals surface area contributed by atoms with E-state index in [4.69, 9.17) is 5.26 Å². The van der Waals surface area contributed by atoms with Gasteiger partial charge in [-0.25, -0.2) is 10.5 Å². The van der Waals surface area contributed by atoms with E-state index in [1.807, 2.05) is 6.07 Å². The Morgan fingerprint density at radius 3 is 3.18 bits per heavy atom. The first-order valence-corrected chi connectivity index (χ1v) is 3.02. The van der Waals surface area contributed by atoms with Crippen molar-refractivity contribution in [2.45, 2.75) is 0 Å². The highest BCUT2D eigenvalue weighted by Gasteiger charge is 1.98. The molecule has 1 aromatic rings. The lowest BCUT2D eigenvalue weighted by atomic mass is 10.3. The predicted octanol–water partition coefficient (Wildman–Crippen LogP) is 0.927. The molecule has 4 nitrogen and oxygen atoms in total. The molecule has 4 heteroatoms. The van der Waals surface area contributed by atoms with E-state index in [2.05, 4.69) is 15.3 Å². The second kappa shape index (κ2) is 3.54. The van der Waals surface area contributed by atoms with Gasteiger partial charge in [-0.05, 0) is 12.1 Å². The fraction of sp³-hybridized carbons (Fsp3) is 0.143. The van der Waals surface area contributed by atoms with Crippen molar-refractivity contribution < 1.29 is 4.84 Å².